The van der Waals surface area contributed by atoms with Crippen molar-refractivity contribution in [2.45, 2.75) is 33.4 Å². The number of nitrogens with zero attached hydrogens (tertiary/aromatic N) is 4. The van der Waals surface area contributed by atoms with Crippen LogP contribution in [0, 0.1) is 13.8 Å². The van der Waals surface area contributed by atoms with E-state index in [0.717, 1.165) is 15.6 Å². The smallest absolute Gasteiger partial charge is 0.337 e. The zero-order valence-electron chi connectivity index (χ0n) is 11.9. The van der Waals surface area contributed by atoms with Gasteiger partial charge in [0.25, 0.3) is 0 Å². The van der Waals surface area contributed by atoms with E-state index in [2.05, 4.69) is 15.2 Å². The Hall–Kier alpha value is -1.96. The van der Waals surface area contributed by atoms with Crippen LogP contribution in [0.4, 0.5) is 0 Å². The van der Waals surface area contributed by atoms with Crippen molar-refractivity contribution >= 4 is 17.2 Å². The number of likely N-dealkylation sites (N-methyl/N-ethyl adjacent to an activating group) is 1. The number of hydrogen-bond acceptors (Lipinski definition) is 5. The highest BCUT2D eigenvalue weighted by molar-refractivity contribution is 7.11. The molecule has 1 N–H and O–H groups in total. The second-order valence-corrected chi connectivity index (χ2v) is 5.89. The number of hydrogen-bond donors (Lipinski definition) is 1. The summed E-state index contributed by atoms with van der Waals surface area (Å²) in [5.74, 6) is -0.147. The van der Waals surface area contributed by atoms with E-state index < -0.39 is 0 Å². The molecule has 0 aromatic carbocycles. The van der Waals surface area contributed by atoms with Crippen LogP contribution in [-0.4, -0.2) is 37.6 Å². The fraction of sp³-hybridized carbons (Fsp3) is 0.500. The van der Waals surface area contributed by atoms with Crippen LogP contribution in [0.5, 0.6) is 0 Å². The van der Waals surface area contributed by atoms with Crippen molar-refractivity contribution in [3.05, 3.63) is 32.4 Å². The molecule has 1 atom stereocenters. The average molecular weight is 295 g/mol. The Morgan fingerprint density at radius 1 is 1.55 bits per heavy atom. The summed E-state index contributed by atoms with van der Waals surface area (Å²) in [6.07, 6.45) is 1.32. The number of aromatic nitrogens is 4. The van der Waals surface area contributed by atoms with Gasteiger partial charge in [0.15, 0.2) is 0 Å². The lowest BCUT2D eigenvalue weighted by atomic mass is 10.2. The molecule has 2 aromatic heterocycles. The number of aryl methyl sites for hydroxylation is 2. The molecule has 2 heterocycles. The molecule has 0 aliphatic heterocycles. The van der Waals surface area contributed by atoms with Crippen molar-refractivity contribution in [3.8, 4) is 0 Å². The second kappa shape index (κ2) is 5.58. The maximum absolute atomic E-state index is 12.2. The Labute approximate surface area is 120 Å². The standard InChI is InChI=1S/C12H17N5O2S/c1-7-11(20-9(3)14-7)8(2)16(4)10(18)5-17-6-13-15-12(17)19/h6,8H,5H2,1-4H3,(H,15,19)/t8-/m0/s1. The van der Waals surface area contributed by atoms with Crippen LogP contribution < -0.4 is 5.69 Å². The van der Waals surface area contributed by atoms with Gasteiger partial charge in [-0.1, -0.05) is 0 Å². The van der Waals surface area contributed by atoms with Crippen LogP contribution in [0.1, 0.15) is 28.5 Å². The van der Waals surface area contributed by atoms with Crippen LogP contribution in [0.3, 0.4) is 0 Å². The molecule has 8 heteroatoms. The van der Waals surface area contributed by atoms with Gasteiger partial charge in [-0.3, -0.25) is 9.36 Å². The largest absolute Gasteiger partial charge is 0.343 e. The minimum Gasteiger partial charge on any atom is -0.337 e. The molecular weight excluding hydrogens is 278 g/mol. The quantitative estimate of drug-likeness (QED) is 0.907. The van der Waals surface area contributed by atoms with Crippen LogP contribution in [0.15, 0.2) is 11.1 Å². The number of carbonyl (C=O) groups excluding carboxylic acids is 1. The predicted molar refractivity (Wildman–Crippen MR) is 75.6 cm³/mol. The zero-order valence-corrected chi connectivity index (χ0v) is 12.7. The molecule has 20 heavy (non-hydrogen) atoms. The molecule has 0 saturated heterocycles. The van der Waals surface area contributed by atoms with Crippen molar-refractivity contribution in [2.75, 3.05) is 7.05 Å². The molecule has 0 radical (unpaired) electrons. The maximum Gasteiger partial charge on any atom is 0.343 e. The zero-order chi connectivity index (χ0) is 14.9. The van der Waals surface area contributed by atoms with Gasteiger partial charge in [-0.25, -0.2) is 14.9 Å². The molecular formula is C12H17N5O2S. The summed E-state index contributed by atoms with van der Waals surface area (Å²) in [6, 6.07) is -0.0729. The van der Waals surface area contributed by atoms with E-state index in [4.69, 9.17) is 0 Å². The van der Waals surface area contributed by atoms with Gasteiger partial charge in [0.2, 0.25) is 5.91 Å². The first-order chi connectivity index (χ1) is 9.40. The van der Waals surface area contributed by atoms with E-state index >= 15 is 0 Å². The van der Waals surface area contributed by atoms with Gasteiger partial charge in [0, 0.05) is 11.9 Å². The highest BCUT2D eigenvalue weighted by atomic mass is 32.1. The Morgan fingerprint density at radius 2 is 2.25 bits per heavy atom. The number of H-pyrrole nitrogens is 1. The predicted octanol–water partition coefficient (Wildman–Crippen LogP) is 0.864. The summed E-state index contributed by atoms with van der Waals surface area (Å²) >= 11 is 1.59. The Morgan fingerprint density at radius 3 is 2.75 bits per heavy atom. The van der Waals surface area contributed by atoms with Gasteiger partial charge < -0.3 is 4.90 Å². The van der Waals surface area contributed by atoms with E-state index in [1.807, 2.05) is 20.8 Å². The van der Waals surface area contributed by atoms with Crippen molar-refractivity contribution in [1.82, 2.24) is 24.6 Å². The molecule has 0 saturated carbocycles. The first-order valence-corrected chi connectivity index (χ1v) is 7.01. The van der Waals surface area contributed by atoms with Crippen molar-refractivity contribution in [3.63, 3.8) is 0 Å². The normalized spacial score (nSPS) is 12.4. The molecule has 2 rings (SSSR count). The van der Waals surface area contributed by atoms with Crippen LogP contribution >= 0.6 is 11.3 Å². The molecule has 0 unspecified atom stereocenters. The Kier molecular flexibility index (Phi) is 4.03. The minimum atomic E-state index is -0.385. The van der Waals surface area contributed by atoms with E-state index in [9.17, 15) is 9.59 Å². The second-order valence-electron chi connectivity index (χ2n) is 4.65. The van der Waals surface area contributed by atoms with E-state index in [-0.39, 0.29) is 24.2 Å². The lowest BCUT2D eigenvalue weighted by molar-refractivity contribution is -0.132. The van der Waals surface area contributed by atoms with Gasteiger partial charge in [-0.2, -0.15) is 5.10 Å². The molecule has 0 aliphatic carbocycles. The minimum absolute atomic E-state index is 0.0208. The van der Waals surface area contributed by atoms with E-state index in [1.165, 1.54) is 10.9 Å². The maximum atomic E-state index is 12.2. The van der Waals surface area contributed by atoms with Crippen LogP contribution in [0.2, 0.25) is 0 Å². The van der Waals surface area contributed by atoms with Crippen molar-refractivity contribution in [1.29, 1.82) is 0 Å². The third kappa shape index (κ3) is 2.79. The Bertz CT molecular complexity index is 671. The average Bonchev–Trinajstić information content (AvgIpc) is 2.94. The number of nitrogens with one attached hydrogen (secondary N) is 1. The summed E-state index contributed by atoms with van der Waals surface area (Å²) in [7, 11) is 1.73. The van der Waals surface area contributed by atoms with Crippen LogP contribution in [-0.2, 0) is 11.3 Å². The van der Waals surface area contributed by atoms with Gasteiger partial charge in [0.1, 0.15) is 12.9 Å². The monoisotopic (exact) mass is 295 g/mol. The summed E-state index contributed by atoms with van der Waals surface area (Å²) in [4.78, 5) is 30.6. The lowest BCUT2D eigenvalue weighted by Crippen LogP contribution is -2.34. The highest BCUT2D eigenvalue weighted by Gasteiger charge is 2.21. The van der Waals surface area contributed by atoms with Gasteiger partial charge in [0.05, 0.1) is 16.7 Å². The van der Waals surface area contributed by atoms with Crippen molar-refractivity contribution < 1.29 is 4.79 Å². The molecule has 0 bridgehead atoms. The summed E-state index contributed by atoms with van der Waals surface area (Å²) in [6.45, 7) is 5.82. The topological polar surface area (TPSA) is 83.9 Å². The summed E-state index contributed by atoms with van der Waals surface area (Å²) in [5, 5.41) is 6.85. The fourth-order valence-electron chi connectivity index (χ4n) is 1.97. The third-order valence-electron chi connectivity index (χ3n) is 3.22. The number of rotatable bonds is 4. The van der Waals surface area contributed by atoms with Crippen molar-refractivity contribution in [2.24, 2.45) is 0 Å². The molecule has 0 spiro atoms. The summed E-state index contributed by atoms with van der Waals surface area (Å²) < 4.78 is 1.25. The Balaban J connectivity index is 2.12. The lowest BCUT2D eigenvalue weighted by Gasteiger charge is -2.24. The van der Waals surface area contributed by atoms with Gasteiger partial charge in [-0.05, 0) is 20.8 Å². The molecule has 7 nitrogen and oxygen atoms in total. The number of aromatic amines is 1. The van der Waals surface area contributed by atoms with E-state index in [1.54, 1.807) is 23.3 Å². The summed E-state index contributed by atoms with van der Waals surface area (Å²) in [5.41, 5.74) is 0.560. The van der Waals surface area contributed by atoms with Gasteiger partial charge >= 0.3 is 5.69 Å². The highest BCUT2D eigenvalue weighted by Crippen LogP contribution is 2.28. The first kappa shape index (κ1) is 14.4. The SMILES string of the molecule is Cc1nc(C)c([C@H](C)N(C)C(=O)Cn2cn[nH]c2=O)s1. The van der Waals surface area contributed by atoms with E-state index in [0.29, 0.717) is 0 Å². The molecule has 2 aromatic rings. The number of carbonyl (C=O) groups is 1. The first-order valence-electron chi connectivity index (χ1n) is 6.19. The number of thiazole rings is 1. The molecule has 0 fully saturated rings. The molecule has 0 aliphatic rings. The molecule has 1 amide bonds. The fourth-order valence-corrected chi connectivity index (χ4v) is 2.99. The number of amides is 1. The third-order valence-corrected chi connectivity index (χ3v) is 4.46. The molecule has 108 valence electrons. The van der Waals surface area contributed by atoms with Gasteiger partial charge in [-0.15, -0.1) is 11.3 Å². The van der Waals surface area contributed by atoms with Crippen LogP contribution in [0.25, 0.3) is 0 Å².